The predicted octanol–water partition coefficient (Wildman–Crippen LogP) is 6.74. The highest BCUT2D eigenvalue weighted by Gasteiger charge is 2.13. The number of halogens is 1. The number of hydrogen-bond acceptors (Lipinski definition) is 4. The van der Waals surface area contributed by atoms with E-state index in [9.17, 15) is 10.1 Å². The molecule has 0 atom stereocenters. The summed E-state index contributed by atoms with van der Waals surface area (Å²) in [6.45, 7) is 0.438. The van der Waals surface area contributed by atoms with Gasteiger partial charge in [-0.1, -0.05) is 58.4 Å². The summed E-state index contributed by atoms with van der Waals surface area (Å²) in [4.78, 5) is 12.8. The molecule has 0 aliphatic rings. The number of nitrogens with one attached hydrogen (secondary N) is 1. The summed E-state index contributed by atoms with van der Waals surface area (Å²) in [6.07, 6.45) is 1.56. The number of benzene rings is 4. The third kappa shape index (κ3) is 5.45. The number of ether oxygens (including phenoxy) is 2. The molecule has 0 fully saturated rings. The van der Waals surface area contributed by atoms with Crippen LogP contribution in [0.3, 0.4) is 0 Å². The Kier molecular flexibility index (Phi) is 7.26. The van der Waals surface area contributed by atoms with Gasteiger partial charge < -0.3 is 14.8 Å². The maximum absolute atomic E-state index is 12.8. The summed E-state index contributed by atoms with van der Waals surface area (Å²) < 4.78 is 12.3. The molecule has 0 spiro atoms. The average Bonchev–Trinajstić information content (AvgIpc) is 2.87. The average molecular weight is 513 g/mol. The Labute approximate surface area is 206 Å². The minimum absolute atomic E-state index is 0.0229. The fourth-order valence-electron chi connectivity index (χ4n) is 3.48. The number of amides is 1. The van der Waals surface area contributed by atoms with E-state index in [-0.39, 0.29) is 5.57 Å². The van der Waals surface area contributed by atoms with Gasteiger partial charge >= 0.3 is 0 Å². The summed E-state index contributed by atoms with van der Waals surface area (Å²) in [5, 5.41) is 14.3. The Morgan fingerprint density at radius 1 is 1.00 bits per heavy atom. The SMILES string of the molecule is COc1ccc2ccccc2c1/C=C(\C#N)C(=O)Nc1ccc(OCc2ccc(Br)cc2)cc1. The van der Waals surface area contributed by atoms with E-state index in [4.69, 9.17) is 9.47 Å². The van der Waals surface area contributed by atoms with Gasteiger partial charge in [0.2, 0.25) is 0 Å². The number of nitriles is 1. The largest absolute Gasteiger partial charge is 0.496 e. The Morgan fingerprint density at radius 3 is 2.44 bits per heavy atom. The van der Waals surface area contributed by atoms with E-state index in [2.05, 4.69) is 21.2 Å². The van der Waals surface area contributed by atoms with Gasteiger partial charge in [0.05, 0.1) is 7.11 Å². The highest BCUT2D eigenvalue weighted by atomic mass is 79.9. The number of anilines is 1. The topological polar surface area (TPSA) is 71.3 Å². The lowest BCUT2D eigenvalue weighted by atomic mass is 10.0. The first-order chi connectivity index (χ1) is 16.6. The summed E-state index contributed by atoms with van der Waals surface area (Å²) in [6, 6.07) is 28.5. The van der Waals surface area contributed by atoms with Crippen LogP contribution in [0.5, 0.6) is 11.5 Å². The summed E-state index contributed by atoms with van der Waals surface area (Å²) in [7, 11) is 1.56. The zero-order valence-electron chi connectivity index (χ0n) is 18.4. The van der Waals surface area contributed by atoms with Crippen molar-refractivity contribution in [2.45, 2.75) is 6.61 Å². The standard InChI is InChI=1S/C28H21BrN2O3/c1-33-27-15-8-20-4-2-3-5-25(20)26(27)16-21(17-30)28(32)31-23-11-13-24(14-12-23)34-18-19-6-9-22(29)10-7-19/h2-16H,18H2,1H3,(H,31,32)/b21-16+. The molecule has 4 aromatic rings. The fourth-order valence-corrected chi connectivity index (χ4v) is 3.74. The van der Waals surface area contributed by atoms with Gasteiger partial charge in [-0.05, 0) is 64.9 Å². The lowest BCUT2D eigenvalue weighted by Crippen LogP contribution is -2.13. The van der Waals surface area contributed by atoms with E-state index in [0.717, 1.165) is 20.8 Å². The number of carbonyl (C=O) groups excluding carboxylic acids is 1. The summed E-state index contributed by atoms with van der Waals surface area (Å²) >= 11 is 3.41. The highest BCUT2D eigenvalue weighted by molar-refractivity contribution is 9.10. The normalized spacial score (nSPS) is 11.0. The van der Waals surface area contributed by atoms with Crippen LogP contribution in [0.2, 0.25) is 0 Å². The van der Waals surface area contributed by atoms with Gasteiger partial charge in [0.25, 0.3) is 5.91 Å². The minimum Gasteiger partial charge on any atom is -0.496 e. The molecular formula is C28H21BrN2O3. The minimum atomic E-state index is -0.499. The van der Waals surface area contributed by atoms with Crippen LogP contribution in [-0.2, 0) is 11.4 Å². The van der Waals surface area contributed by atoms with Crippen molar-refractivity contribution in [2.75, 3.05) is 12.4 Å². The van der Waals surface area contributed by atoms with Crippen LogP contribution in [0.1, 0.15) is 11.1 Å². The van der Waals surface area contributed by atoms with E-state index in [1.54, 1.807) is 37.5 Å². The van der Waals surface area contributed by atoms with Crippen LogP contribution in [0, 0.1) is 11.3 Å². The molecule has 0 aliphatic heterocycles. The van der Waals surface area contributed by atoms with Crippen LogP contribution in [0.4, 0.5) is 5.69 Å². The second-order valence-electron chi connectivity index (χ2n) is 7.47. The van der Waals surface area contributed by atoms with E-state index in [0.29, 0.717) is 29.4 Å². The zero-order valence-corrected chi connectivity index (χ0v) is 20.0. The second kappa shape index (κ2) is 10.7. The molecule has 34 heavy (non-hydrogen) atoms. The zero-order chi connectivity index (χ0) is 23.9. The third-order valence-corrected chi connectivity index (χ3v) is 5.76. The highest BCUT2D eigenvalue weighted by Crippen LogP contribution is 2.30. The molecule has 0 aliphatic carbocycles. The van der Waals surface area contributed by atoms with Gasteiger partial charge in [0, 0.05) is 15.7 Å². The molecule has 5 nitrogen and oxygen atoms in total. The maximum Gasteiger partial charge on any atom is 0.266 e. The number of methoxy groups -OCH3 is 1. The van der Waals surface area contributed by atoms with Crippen molar-refractivity contribution in [3.63, 3.8) is 0 Å². The monoisotopic (exact) mass is 512 g/mol. The van der Waals surface area contributed by atoms with Gasteiger partial charge in [0.15, 0.2) is 0 Å². The molecule has 0 radical (unpaired) electrons. The van der Waals surface area contributed by atoms with Crippen LogP contribution in [-0.4, -0.2) is 13.0 Å². The molecular weight excluding hydrogens is 492 g/mol. The smallest absolute Gasteiger partial charge is 0.266 e. The molecule has 0 heterocycles. The number of nitrogens with zero attached hydrogens (tertiary/aromatic N) is 1. The first kappa shape index (κ1) is 23.1. The fraction of sp³-hybridized carbons (Fsp3) is 0.0714. The molecule has 168 valence electrons. The van der Waals surface area contributed by atoms with Gasteiger partial charge in [0.1, 0.15) is 29.7 Å². The number of carbonyl (C=O) groups is 1. The lowest BCUT2D eigenvalue weighted by Gasteiger charge is -2.10. The number of hydrogen-bond donors (Lipinski definition) is 1. The Bertz CT molecular complexity index is 1390. The van der Waals surface area contributed by atoms with E-state index in [1.807, 2.05) is 66.7 Å². The van der Waals surface area contributed by atoms with Crippen molar-refractivity contribution in [2.24, 2.45) is 0 Å². The Balaban J connectivity index is 1.48. The van der Waals surface area contributed by atoms with E-state index < -0.39 is 5.91 Å². The van der Waals surface area contributed by atoms with Gasteiger partial charge in [-0.15, -0.1) is 0 Å². The molecule has 0 unspecified atom stereocenters. The Morgan fingerprint density at radius 2 is 1.74 bits per heavy atom. The number of rotatable bonds is 7. The van der Waals surface area contributed by atoms with Gasteiger partial charge in [-0.3, -0.25) is 4.79 Å². The van der Waals surface area contributed by atoms with Crippen molar-refractivity contribution in [3.05, 3.63) is 106 Å². The van der Waals surface area contributed by atoms with Crippen LogP contribution in [0.15, 0.2) is 95.0 Å². The summed E-state index contributed by atoms with van der Waals surface area (Å²) in [5.74, 6) is 0.769. The van der Waals surface area contributed by atoms with Crippen LogP contribution in [0.25, 0.3) is 16.8 Å². The van der Waals surface area contributed by atoms with Crippen molar-refractivity contribution < 1.29 is 14.3 Å². The van der Waals surface area contributed by atoms with Crippen molar-refractivity contribution >= 4 is 44.4 Å². The quantitative estimate of drug-likeness (QED) is 0.220. The van der Waals surface area contributed by atoms with Crippen molar-refractivity contribution in [1.29, 1.82) is 5.26 Å². The first-order valence-corrected chi connectivity index (χ1v) is 11.3. The van der Waals surface area contributed by atoms with Crippen LogP contribution < -0.4 is 14.8 Å². The molecule has 0 bridgehead atoms. The first-order valence-electron chi connectivity index (χ1n) is 10.5. The van der Waals surface area contributed by atoms with Crippen LogP contribution >= 0.6 is 15.9 Å². The molecule has 0 saturated heterocycles. The lowest BCUT2D eigenvalue weighted by molar-refractivity contribution is -0.112. The molecule has 1 N–H and O–H groups in total. The van der Waals surface area contributed by atoms with Gasteiger partial charge in [-0.25, -0.2) is 0 Å². The summed E-state index contributed by atoms with van der Waals surface area (Å²) in [5.41, 5.74) is 2.27. The predicted molar refractivity (Wildman–Crippen MR) is 138 cm³/mol. The van der Waals surface area contributed by atoms with Crippen molar-refractivity contribution in [1.82, 2.24) is 0 Å². The molecule has 1 amide bonds. The third-order valence-electron chi connectivity index (χ3n) is 5.24. The van der Waals surface area contributed by atoms with Crippen molar-refractivity contribution in [3.8, 4) is 17.6 Å². The number of fused-ring (bicyclic) bond motifs is 1. The van der Waals surface area contributed by atoms with Gasteiger partial charge in [-0.2, -0.15) is 5.26 Å². The molecule has 4 aromatic carbocycles. The molecule has 0 aromatic heterocycles. The van der Waals surface area contributed by atoms with E-state index in [1.165, 1.54) is 0 Å². The molecule has 0 saturated carbocycles. The molecule has 6 heteroatoms. The van der Waals surface area contributed by atoms with E-state index >= 15 is 0 Å². The second-order valence-corrected chi connectivity index (χ2v) is 8.38. The molecule has 4 rings (SSSR count). The maximum atomic E-state index is 12.8. The Hall–Kier alpha value is -4.08.